The minimum absolute atomic E-state index is 0.0812. The third-order valence-corrected chi connectivity index (χ3v) is 4.96. The van der Waals surface area contributed by atoms with Crippen LogP contribution in [-0.4, -0.2) is 41.3 Å². The number of aromatic nitrogens is 1. The fourth-order valence-electron chi connectivity index (χ4n) is 2.72. The quantitative estimate of drug-likeness (QED) is 0.809. The summed E-state index contributed by atoms with van der Waals surface area (Å²) < 4.78 is 0. The second-order valence-electron chi connectivity index (χ2n) is 6.43. The summed E-state index contributed by atoms with van der Waals surface area (Å²) in [6.07, 6.45) is 2.79. The molecule has 1 atom stereocenters. The third kappa shape index (κ3) is 4.06. The van der Waals surface area contributed by atoms with Gasteiger partial charge in [-0.25, -0.2) is 4.98 Å². The minimum atomic E-state index is 0.0812. The number of amides is 2. The van der Waals surface area contributed by atoms with E-state index < -0.39 is 0 Å². The van der Waals surface area contributed by atoms with Gasteiger partial charge in [-0.05, 0) is 25.7 Å². The molecule has 0 radical (unpaired) electrons. The molecule has 0 aromatic carbocycles. The molecule has 22 heavy (non-hydrogen) atoms. The lowest BCUT2D eigenvalue weighted by molar-refractivity contribution is -0.131. The largest absolute Gasteiger partial charge is 0.343 e. The van der Waals surface area contributed by atoms with E-state index in [1.54, 1.807) is 9.80 Å². The van der Waals surface area contributed by atoms with E-state index in [0.717, 1.165) is 30.2 Å². The zero-order valence-corrected chi connectivity index (χ0v) is 14.7. The molecule has 1 saturated heterocycles. The molecule has 1 fully saturated rings. The maximum absolute atomic E-state index is 12.3. The van der Waals surface area contributed by atoms with Gasteiger partial charge < -0.3 is 4.90 Å². The van der Waals surface area contributed by atoms with E-state index in [9.17, 15) is 9.59 Å². The van der Waals surface area contributed by atoms with Gasteiger partial charge in [-0.2, -0.15) is 0 Å². The zero-order chi connectivity index (χ0) is 16.3. The Bertz CT molecular complexity index is 541. The van der Waals surface area contributed by atoms with Crippen molar-refractivity contribution in [3.8, 4) is 0 Å². The lowest BCUT2D eigenvalue weighted by Crippen LogP contribution is -2.37. The van der Waals surface area contributed by atoms with Crippen LogP contribution < -0.4 is 4.90 Å². The molecule has 1 aliphatic heterocycles. The van der Waals surface area contributed by atoms with E-state index in [1.807, 2.05) is 12.4 Å². The molecule has 0 N–H and O–H groups in total. The molecule has 122 valence electrons. The molecule has 1 aromatic rings. The minimum Gasteiger partial charge on any atom is -0.343 e. The lowest BCUT2D eigenvalue weighted by Gasteiger charge is -2.26. The molecule has 0 bridgehead atoms. The highest BCUT2D eigenvalue weighted by atomic mass is 32.1. The fourth-order valence-corrected chi connectivity index (χ4v) is 3.59. The number of hydrogen-bond donors (Lipinski definition) is 0. The maximum atomic E-state index is 12.3. The monoisotopic (exact) mass is 323 g/mol. The summed E-state index contributed by atoms with van der Waals surface area (Å²) in [4.78, 5) is 32.1. The first-order chi connectivity index (χ1) is 10.4. The van der Waals surface area contributed by atoms with Crippen molar-refractivity contribution in [2.45, 2.75) is 52.5 Å². The highest BCUT2D eigenvalue weighted by Crippen LogP contribution is 2.25. The Morgan fingerprint density at radius 2 is 2.18 bits per heavy atom. The molecule has 0 saturated carbocycles. The molecular weight excluding hydrogens is 298 g/mol. The Hall–Kier alpha value is -1.43. The van der Waals surface area contributed by atoms with Crippen molar-refractivity contribution in [2.75, 3.05) is 18.5 Å². The van der Waals surface area contributed by atoms with Crippen LogP contribution >= 0.6 is 11.3 Å². The first-order valence-electron chi connectivity index (χ1n) is 7.89. The van der Waals surface area contributed by atoms with Crippen molar-refractivity contribution in [2.24, 2.45) is 5.92 Å². The topological polar surface area (TPSA) is 53.5 Å². The number of carbonyl (C=O) groups is 2. The second-order valence-corrected chi connectivity index (χ2v) is 7.27. The summed E-state index contributed by atoms with van der Waals surface area (Å²) in [7, 11) is 1.85. The van der Waals surface area contributed by atoms with E-state index in [4.69, 9.17) is 0 Å². The molecule has 0 spiro atoms. The molecule has 1 aliphatic rings. The van der Waals surface area contributed by atoms with E-state index in [1.165, 1.54) is 11.3 Å². The number of likely N-dealkylation sites (N-methyl/N-ethyl adjacent to an activating group) is 1. The van der Waals surface area contributed by atoms with Gasteiger partial charge in [0.1, 0.15) is 0 Å². The first-order valence-corrected chi connectivity index (χ1v) is 8.77. The van der Waals surface area contributed by atoms with Gasteiger partial charge in [-0.3, -0.25) is 14.5 Å². The Balaban J connectivity index is 1.94. The van der Waals surface area contributed by atoms with Crippen LogP contribution in [0.25, 0.3) is 0 Å². The summed E-state index contributed by atoms with van der Waals surface area (Å²) in [6.45, 7) is 7.14. The molecule has 1 unspecified atom stereocenters. The summed E-state index contributed by atoms with van der Waals surface area (Å²) in [5.74, 6) is 0.782. The Morgan fingerprint density at radius 3 is 2.77 bits per heavy atom. The third-order valence-electron chi connectivity index (χ3n) is 4.04. The van der Waals surface area contributed by atoms with Crippen LogP contribution in [0, 0.1) is 5.92 Å². The number of carbonyl (C=O) groups excluding carboxylic acids is 2. The van der Waals surface area contributed by atoms with Gasteiger partial charge in [0.15, 0.2) is 5.13 Å². The van der Waals surface area contributed by atoms with Crippen LogP contribution in [0.1, 0.15) is 45.7 Å². The van der Waals surface area contributed by atoms with Gasteiger partial charge in [0.05, 0.1) is 12.1 Å². The lowest BCUT2D eigenvalue weighted by atomic mass is 10.0. The molecular formula is C16H25N3O2S. The van der Waals surface area contributed by atoms with Gasteiger partial charge >= 0.3 is 0 Å². The van der Waals surface area contributed by atoms with Gasteiger partial charge in [0, 0.05) is 31.4 Å². The van der Waals surface area contributed by atoms with E-state index in [2.05, 4.69) is 25.8 Å². The summed E-state index contributed by atoms with van der Waals surface area (Å²) in [5.41, 5.74) is 0.758. The Morgan fingerprint density at radius 1 is 1.45 bits per heavy atom. The number of hydrogen-bond acceptors (Lipinski definition) is 4. The number of anilines is 1. The SMILES string of the molecule is CC(C)CC(C)N(C)C(=O)Cc1csc(N2CCCC2=O)n1. The average Bonchev–Trinajstić information content (AvgIpc) is 3.05. The highest BCUT2D eigenvalue weighted by molar-refractivity contribution is 7.14. The van der Waals surface area contributed by atoms with Gasteiger partial charge in [0.2, 0.25) is 11.8 Å². The first kappa shape index (κ1) is 16.9. The van der Waals surface area contributed by atoms with Crippen molar-refractivity contribution >= 4 is 28.3 Å². The zero-order valence-electron chi connectivity index (χ0n) is 13.8. The van der Waals surface area contributed by atoms with Crippen molar-refractivity contribution in [1.29, 1.82) is 0 Å². The van der Waals surface area contributed by atoms with Crippen LogP contribution in [0.2, 0.25) is 0 Å². The summed E-state index contributed by atoms with van der Waals surface area (Å²) in [6, 6.07) is 0.228. The van der Waals surface area contributed by atoms with Crippen LogP contribution in [0.15, 0.2) is 5.38 Å². The standard InChI is InChI=1S/C16H25N3O2S/c1-11(2)8-12(3)18(4)15(21)9-13-10-22-16(17-13)19-7-5-6-14(19)20/h10-12H,5-9H2,1-4H3. The molecule has 2 heterocycles. The Labute approximate surface area is 136 Å². The number of thiazole rings is 1. The van der Waals surface area contributed by atoms with Crippen LogP contribution in [-0.2, 0) is 16.0 Å². The maximum Gasteiger partial charge on any atom is 0.228 e. The van der Waals surface area contributed by atoms with Crippen molar-refractivity contribution < 1.29 is 9.59 Å². The molecule has 2 amide bonds. The highest BCUT2D eigenvalue weighted by Gasteiger charge is 2.25. The molecule has 2 rings (SSSR count). The normalized spacial score (nSPS) is 16.4. The van der Waals surface area contributed by atoms with Gasteiger partial charge in [-0.1, -0.05) is 13.8 Å². The van der Waals surface area contributed by atoms with Gasteiger partial charge in [-0.15, -0.1) is 11.3 Å². The van der Waals surface area contributed by atoms with Crippen molar-refractivity contribution in [3.63, 3.8) is 0 Å². The molecule has 6 heteroatoms. The summed E-state index contributed by atoms with van der Waals surface area (Å²) in [5, 5.41) is 2.61. The van der Waals surface area contributed by atoms with Crippen molar-refractivity contribution in [3.05, 3.63) is 11.1 Å². The van der Waals surface area contributed by atoms with Gasteiger partial charge in [0.25, 0.3) is 0 Å². The van der Waals surface area contributed by atoms with Crippen LogP contribution in [0.4, 0.5) is 5.13 Å². The van der Waals surface area contributed by atoms with E-state index in [-0.39, 0.29) is 17.9 Å². The predicted molar refractivity (Wildman–Crippen MR) is 89.1 cm³/mol. The molecule has 0 aliphatic carbocycles. The fraction of sp³-hybridized carbons (Fsp3) is 0.688. The Kier molecular flexibility index (Phi) is 5.56. The smallest absolute Gasteiger partial charge is 0.228 e. The van der Waals surface area contributed by atoms with E-state index >= 15 is 0 Å². The summed E-state index contributed by atoms with van der Waals surface area (Å²) >= 11 is 1.45. The molecule has 5 nitrogen and oxygen atoms in total. The average molecular weight is 323 g/mol. The predicted octanol–water partition coefficient (Wildman–Crippen LogP) is 2.71. The van der Waals surface area contributed by atoms with Crippen molar-refractivity contribution in [1.82, 2.24) is 9.88 Å². The van der Waals surface area contributed by atoms with Crippen LogP contribution in [0.5, 0.6) is 0 Å². The number of rotatable bonds is 6. The molecule has 1 aromatic heterocycles. The van der Waals surface area contributed by atoms with Crippen LogP contribution in [0.3, 0.4) is 0 Å². The second kappa shape index (κ2) is 7.22. The number of nitrogens with zero attached hydrogens (tertiary/aromatic N) is 3. The van der Waals surface area contributed by atoms with E-state index in [0.29, 0.717) is 18.8 Å².